The fourth-order valence-corrected chi connectivity index (χ4v) is 3.32. The fraction of sp³-hybridized carbons (Fsp3) is 0.409. The van der Waals surface area contributed by atoms with E-state index >= 15 is 0 Å². The van der Waals surface area contributed by atoms with Gasteiger partial charge in [0.15, 0.2) is 0 Å². The van der Waals surface area contributed by atoms with Crippen LogP contribution < -0.4 is 15.5 Å². The molecular weight excluding hydrogens is 368 g/mol. The van der Waals surface area contributed by atoms with Crippen molar-refractivity contribution in [2.24, 2.45) is 0 Å². The zero-order chi connectivity index (χ0) is 20.5. The molecule has 1 saturated heterocycles. The van der Waals surface area contributed by atoms with Gasteiger partial charge in [0.25, 0.3) is 11.8 Å². The van der Waals surface area contributed by atoms with Crippen molar-refractivity contribution in [3.05, 3.63) is 53.9 Å². The molecule has 2 aromatic rings. The number of pyridine rings is 1. The highest BCUT2D eigenvalue weighted by molar-refractivity contribution is 6.05. The summed E-state index contributed by atoms with van der Waals surface area (Å²) in [7, 11) is 1.62. The molecule has 1 aliphatic rings. The van der Waals surface area contributed by atoms with Crippen molar-refractivity contribution in [2.75, 3.05) is 43.6 Å². The summed E-state index contributed by atoms with van der Waals surface area (Å²) in [5.74, 6) is -0.550. The molecule has 3 rings (SSSR count). The molecule has 29 heavy (non-hydrogen) atoms. The molecule has 2 heterocycles. The third-order valence-corrected chi connectivity index (χ3v) is 4.92. The number of amides is 2. The Morgan fingerprint density at radius 2 is 1.72 bits per heavy atom. The summed E-state index contributed by atoms with van der Waals surface area (Å²) in [5.41, 5.74) is 2.59. The highest BCUT2D eigenvalue weighted by Gasteiger charge is 2.13. The van der Waals surface area contributed by atoms with E-state index in [-0.39, 0.29) is 11.8 Å². The maximum Gasteiger partial charge on any atom is 0.257 e. The molecule has 0 aliphatic carbocycles. The Labute approximate surface area is 171 Å². The average molecular weight is 396 g/mol. The topological polar surface area (TPSA) is 83.6 Å². The number of anilines is 2. The van der Waals surface area contributed by atoms with Gasteiger partial charge in [-0.3, -0.25) is 14.6 Å². The summed E-state index contributed by atoms with van der Waals surface area (Å²) in [5, 5.41) is 5.66. The minimum absolute atomic E-state index is 0.255. The van der Waals surface area contributed by atoms with E-state index in [1.54, 1.807) is 13.2 Å². The van der Waals surface area contributed by atoms with Crippen LogP contribution in [0.4, 0.5) is 11.4 Å². The number of ether oxygens (including phenoxy) is 1. The van der Waals surface area contributed by atoms with Gasteiger partial charge in [-0.1, -0.05) is 0 Å². The van der Waals surface area contributed by atoms with Crippen LogP contribution >= 0.6 is 0 Å². The summed E-state index contributed by atoms with van der Waals surface area (Å²) in [6, 6.07) is 9.42. The lowest BCUT2D eigenvalue weighted by Crippen LogP contribution is -2.29. The van der Waals surface area contributed by atoms with Gasteiger partial charge in [0.05, 0.1) is 11.1 Å². The van der Waals surface area contributed by atoms with Gasteiger partial charge in [0.2, 0.25) is 0 Å². The fourth-order valence-electron chi connectivity index (χ4n) is 3.32. The predicted molar refractivity (Wildman–Crippen MR) is 114 cm³/mol. The molecule has 2 amide bonds. The van der Waals surface area contributed by atoms with Crippen LogP contribution in [0.5, 0.6) is 0 Å². The number of rotatable bonds is 8. The number of aromatic nitrogens is 1. The Balaban J connectivity index is 1.58. The van der Waals surface area contributed by atoms with E-state index in [1.165, 1.54) is 37.3 Å². The number of nitrogens with one attached hydrogen (secondary N) is 2. The monoisotopic (exact) mass is 396 g/mol. The first-order chi connectivity index (χ1) is 14.2. The zero-order valence-corrected chi connectivity index (χ0v) is 16.8. The lowest BCUT2D eigenvalue weighted by atomic mass is 10.1. The van der Waals surface area contributed by atoms with E-state index in [0.717, 1.165) is 19.5 Å². The molecule has 0 radical (unpaired) electrons. The van der Waals surface area contributed by atoms with Crippen molar-refractivity contribution < 1.29 is 14.3 Å². The number of carbonyl (C=O) groups is 2. The first-order valence-electron chi connectivity index (χ1n) is 10.1. The number of hydrogen-bond donors (Lipinski definition) is 2. The van der Waals surface area contributed by atoms with Gasteiger partial charge in [0, 0.05) is 57.1 Å². The SMILES string of the molecule is COCCCNC(=O)c1cncc(C(=O)Nc2ccc(N3CCCCC3)cc2)c1. The highest BCUT2D eigenvalue weighted by Crippen LogP contribution is 2.22. The first kappa shape index (κ1) is 20.8. The Hall–Kier alpha value is -2.93. The van der Waals surface area contributed by atoms with Crippen molar-refractivity contribution in [1.29, 1.82) is 0 Å². The zero-order valence-electron chi connectivity index (χ0n) is 16.8. The molecule has 154 valence electrons. The Bertz CT molecular complexity index is 817. The number of nitrogens with zero attached hydrogens (tertiary/aromatic N) is 2. The van der Waals surface area contributed by atoms with Crippen LogP contribution in [-0.2, 0) is 4.74 Å². The third-order valence-electron chi connectivity index (χ3n) is 4.92. The molecule has 7 heteroatoms. The molecular formula is C22H28N4O3. The van der Waals surface area contributed by atoms with Crippen molar-refractivity contribution in [2.45, 2.75) is 25.7 Å². The summed E-state index contributed by atoms with van der Waals surface area (Å²) in [4.78, 5) is 31.2. The van der Waals surface area contributed by atoms with Gasteiger partial charge >= 0.3 is 0 Å². The highest BCUT2D eigenvalue weighted by atomic mass is 16.5. The van der Waals surface area contributed by atoms with E-state index in [0.29, 0.717) is 30.0 Å². The molecule has 1 aromatic carbocycles. The van der Waals surface area contributed by atoms with Gasteiger partial charge in [-0.15, -0.1) is 0 Å². The average Bonchev–Trinajstić information content (AvgIpc) is 2.78. The molecule has 0 unspecified atom stereocenters. The van der Waals surface area contributed by atoms with Crippen molar-refractivity contribution in [3.8, 4) is 0 Å². The molecule has 1 aromatic heterocycles. The summed E-state index contributed by atoms with van der Waals surface area (Å²) in [6.45, 7) is 3.25. The first-order valence-corrected chi connectivity index (χ1v) is 10.1. The lowest BCUT2D eigenvalue weighted by molar-refractivity contribution is 0.0948. The molecule has 1 fully saturated rings. The van der Waals surface area contributed by atoms with Gasteiger partial charge in [-0.2, -0.15) is 0 Å². The number of methoxy groups -OCH3 is 1. The minimum Gasteiger partial charge on any atom is -0.385 e. The van der Waals surface area contributed by atoms with E-state index < -0.39 is 0 Å². The lowest BCUT2D eigenvalue weighted by Gasteiger charge is -2.28. The quantitative estimate of drug-likeness (QED) is 0.670. The van der Waals surface area contributed by atoms with Crippen LogP contribution in [0, 0.1) is 0 Å². The van der Waals surface area contributed by atoms with E-state index in [9.17, 15) is 9.59 Å². The smallest absolute Gasteiger partial charge is 0.257 e. The number of piperidine rings is 1. The Morgan fingerprint density at radius 3 is 2.41 bits per heavy atom. The van der Waals surface area contributed by atoms with Crippen LogP contribution in [-0.4, -0.2) is 50.1 Å². The van der Waals surface area contributed by atoms with Crippen molar-refractivity contribution in [1.82, 2.24) is 10.3 Å². The van der Waals surface area contributed by atoms with Gasteiger partial charge in [-0.25, -0.2) is 0 Å². The van der Waals surface area contributed by atoms with Crippen LogP contribution in [0.15, 0.2) is 42.7 Å². The largest absolute Gasteiger partial charge is 0.385 e. The molecule has 0 spiro atoms. The standard InChI is InChI=1S/C22H28N4O3/c1-29-13-5-10-24-21(27)17-14-18(16-23-15-17)22(28)25-19-6-8-20(9-7-19)26-11-3-2-4-12-26/h6-9,14-16H,2-5,10-13H2,1H3,(H,24,27)(H,25,28). The van der Waals surface area contributed by atoms with Crippen LogP contribution in [0.2, 0.25) is 0 Å². The molecule has 1 aliphatic heterocycles. The Kier molecular flexibility index (Phi) is 7.58. The van der Waals surface area contributed by atoms with Crippen LogP contribution in [0.3, 0.4) is 0 Å². The second-order valence-corrected chi connectivity index (χ2v) is 7.11. The number of carbonyl (C=O) groups excluding carboxylic acids is 2. The molecule has 7 nitrogen and oxygen atoms in total. The van der Waals surface area contributed by atoms with Crippen LogP contribution in [0.25, 0.3) is 0 Å². The maximum absolute atomic E-state index is 12.6. The maximum atomic E-state index is 12.6. The second kappa shape index (κ2) is 10.6. The second-order valence-electron chi connectivity index (χ2n) is 7.11. The summed E-state index contributed by atoms with van der Waals surface area (Å²) in [6.07, 6.45) is 7.38. The van der Waals surface area contributed by atoms with Crippen LogP contribution in [0.1, 0.15) is 46.4 Å². The molecule has 0 saturated carbocycles. The number of benzene rings is 1. The van der Waals surface area contributed by atoms with E-state index in [4.69, 9.17) is 4.74 Å². The minimum atomic E-state index is -0.294. The summed E-state index contributed by atoms with van der Waals surface area (Å²) < 4.78 is 4.96. The van der Waals surface area contributed by atoms with Gasteiger partial charge in [-0.05, 0) is 56.0 Å². The van der Waals surface area contributed by atoms with Gasteiger partial charge < -0.3 is 20.3 Å². The Morgan fingerprint density at radius 1 is 1.03 bits per heavy atom. The van der Waals surface area contributed by atoms with Gasteiger partial charge in [0.1, 0.15) is 0 Å². The van der Waals surface area contributed by atoms with Crippen molar-refractivity contribution in [3.63, 3.8) is 0 Å². The molecule has 0 bridgehead atoms. The summed E-state index contributed by atoms with van der Waals surface area (Å²) >= 11 is 0. The van der Waals surface area contributed by atoms with Crippen molar-refractivity contribution >= 4 is 23.2 Å². The van der Waals surface area contributed by atoms with E-state index in [1.807, 2.05) is 24.3 Å². The molecule has 0 atom stereocenters. The normalized spacial score (nSPS) is 13.8. The molecule has 2 N–H and O–H groups in total. The van der Waals surface area contributed by atoms with E-state index in [2.05, 4.69) is 20.5 Å². The third kappa shape index (κ3) is 6.02. The predicted octanol–water partition coefficient (Wildman–Crippen LogP) is 3.09. The number of hydrogen-bond acceptors (Lipinski definition) is 5.